The van der Waals surface area contributed by atoms with Crippen LogP contribution in [-0.4, -0.2) is 0 Å². The van der Waals surface area contributed by atoms with E-state index in [0.717, 1.165) is 57.9 Å². The minimum Gasteiger partial charge on any atom is -0.463 e. The van der Waals surface area contributed by atoms with E-state index in [2.05, 4.69) is 61.5 Å². The number of rotatable bonds is 5. The van der Waals surface area contributed by atoms with Crippen molar-refractivity contribution in [2.45, 2.75) is 33.1 Å². The van der Waals surface area contributed by atoms with Crippen LogP contribution in [0.2, 0.25) is 0 Å². The van der Waals surface area contributed by atoms with Crippen molar-refractivity contribution in [2.75, 3.05) is 0 Å². The van der Waals surface area contributed by atoms with Crippen molar-refractivity contribution in [2.24, 2.45) is 0 Å². The van der Waals surface area contributed by atoms with Gasteiger partial charge in [0.1, 0.15) is 11.2 Å². The Morgan fingerprint density at radius 1 is 0.806 bits per heavy atom. The zero-order chi connectivity index (χ0) is 21.4. The fraction of sp³-hybridized carbons (Fsp3) is 0.179. The number of furan rings is 1. The van der Waals surface area contributed by atoms with Gasteiger partial charge >= 0.3 is 5.63 Å². The summed E-state index contributed by atoms with van der Waals surface area (Å²) in [5.41, 5.74) is 7.55. The van der Waals surface area contributed by atoms with Gasteiger partial charge in [0.05, 0.1) is 6.26 Å². The Kier molecular flexibility index (Phi) is 4.95. The first-order chi connectivity index (χ1) is 15.2. The first-order valence-electron chi connectivity index (χ1n) is 10.8. The summed E-state index contributed by atoms with van der Waals surface area (Å²) in [4.78, 5) is 12.1. The molecule has 3 aromatic carbocycles. The highest BCUT2D eigenvalue weighted by atomic mass is 16.4. The lowest BCUT2D eigenvalue weighted by Crippen LogP contribution is -2.02. The van der Waals surface area contributed by atoms with E-state index in [1.165, 1.54) is 11.1 Å². The first-order valence-corrected chi connectivity index (χ1v) is 10.8. The Balaban J connectivity index is 1.66. The van der Waals surface area contributed by atoms with Crippen LogP contribution in [-0.2, 0) is 6.42 Å². The van der Waals surface area contributed by atoms with Gasteiger partial charge in [-0.3, -0.25) is 0 Å². The van der Waals surface area contributed by atoms with E-state index in [1.54, 1.807) is 12.3 Å². The predicted molar refractivity (Wildman–Crippen MR) is 126 cm³/mol. The summed E-state index contributed by atoms with van der Waals surface area (Å²) in [7, 11) is 0. The van der Waals surface area contributed by atoms with Crippen LogP contribution < -0.4 is 5.63 Å². The maximum Gasteiger partial charge on any atom is 0.336 e. The van der Waals surface area contributed by atoms with Crippen molar-refractivity contribution < 1.29 is 8.83 Å². The Morgan fingerprint density at radius 2 is 1.52 bits per heavy atom. The van der Waals surface area contributed by atoms with E-state index in [0.29, 0.717) is 5.58 Å². The second-order valence-corrected chi connectivity index (χ2v) is 8.04. The van der Waals surface area contributed by atoms with E-state index in [4.69, 9.17) is 8.83 Å². The number of hydrogen-bond acceptors (Lipinski definition) is 3. The number of benzene rings is 3. The van der Waals surface area contributed by atoms with E-state index in [9.17, 15) is 4.79 Å². The summed E-state index contributed by atoms with van der Waals surface area (Å²) in [5, 5.41) is 2.05. The zero-order valence-electron chi connectivity index (χ0n) is 17.8. The molecule has 2 aromatic heterocycles. The molecule has 0 bridgehead atoms. The molecular formula is C28H24O3. The van der Waals surface area contributed by atoms with Crippen LogP contribution >= 0.6 is 0 Å². The second kappa shape index (κ2) is 7.92. The number of fused-ring (bicyclic) bond motifs is 2. The molecule has 31 heavy (non-hydrogen) atoms. The fourth-order valence-corrected chi connectivity index (χ4v) is 4.31. The number of hydrogen-bond donors (Lipinski definition) is 0. The van der Waals surface area contributed by atoms with Gasteiger partial charge in [-0.25, -0.2) is 4.79 Å². The molecule has 0 fully saturated rings. The third-order valence-electron chi connectivity index (χ3n) is 5.99. The molecule has 0 saturated heterocycles. The van der Waals surface area contributed by atoms with E-state index >= 15 is 0 Å². The molecule has 5 rings (SSSR count). The van der Waals surface area contributed by atoms with Crippen molar-refractivity contribution in [3.8, 4) is 22.3 Å². The van der Waals surface area contributed by atoms with Crippen LogP contribution in [0.3, 0.4) is 0 Å². The van der Waals surface area contributed by atoms with E-state index in [1.807, 2.05) is 13.0 Å². The molecule has 0 amide bonds. The Bertz CT molecular complexity index is 1420. The Labute approximate surface area is 180 Å². The predicted octanol–water partition coefficient (Wildman–Crippen LogP) is 7.52. The largest absolute Gasteiger partial charge is 0.463 e. The van der Waals surface area contributed by atoms with Gasteiger partial charge in [0.2, 0.25) is 0 Å². The van der Waals surface area contributed by atoms with Crippen LogP contribution in [0.25, 0.3) is 44.2 Å². The van der Waals surface area contributed by atoms with Gasteiger partial charge in [-0.15, -0.1) is 0 Å². The van der Waals surface area contributed by atoms with Crippen molar-refractivity contribution in [3.05, 3.63) is 94.5 Å². The molecule has 5 aromatic rings. The third-order valence-corrected chi connectivity index (χ3v) is 5.99. The summed E-state index contributed by atoms with van der Waals surface area (Å²) < 4.78 is 11.5. The van der Waals surface area contributed by atoms with Gasteiger partial charge in [-0.1, -0.05) is 67.9 Å². The van der Waals surface area contributed by atoms with Gasteiger partial charge < -0.3 is 8.83 Å². The minimum absolute atomic E-state index is 0.302. The lowest BCUT2D eigenvalue weighted by atomic mass is 9.96. The topological polar surface area (TPSA) is 43.4 Å². The average Bonchev–Trinajstić information content (AvgIpc) is 3.23. The van der Waals surface area contributed by atoms with Gasteiger partial charge in [-0.2, -0.15) is 0 Å². The molecular weight excluding hydrogens is 384 g/mol. The van der Waals surface area contributed by atoms with Crippen molar-refractivity contribution >= 4 is 21.9 Å². The lowest BCUT2D eigenvalue weighted by molar-refractivity contribution is 0.553. The maximum atomic E-state index is 12.1. The smallest absolute Gasteiger partial charge is 0.336 e. The normalized spacial score (nSPS) is 11.4. The van der Waals surface area contributed by atoms with Gasteiger partial charge in [0, 0.05) is 28.0 Å². The number of unbranched alkanes of at least 4 members (excludes halogenated alkanes) is 1. The standard InChI is InChI=1S/C28H24O3/c1-3-4-8-22-15-26(29)31-28-18(2)27-24(16-23(22)28)25(17-30-27)21-13-11-20(12-14-21)19-9-6-5-7-10-19/h5-7,9-17H,3-4,8H2,1-2H3. The molecule has 154 valence electrons. The minimum atomic E-state index is -0.302. The van der Waals surface area contributed by atoms with Gasteiger partial charge in [0.15, 0.2) is 0 Å². The second-order valence-electron chi connectivity index (χ2n) is 8.04. The molecule has 3 heteroatoms. The molecule has 0 aliphatic carbocycles. The number of aryl methyl sites for hydroxylation is 2. The fourth-order valence-electron chi connectivity index (χ4n) is 4.31. The molecule has 3 nitrogen and oxygen atoms in total. The Hall–Kier alpha value is -3.59. The SMILES string of the molecule is CCCCc1cc(=O)oc2c(C)c3occ(-c4ccc(-c5ccccc5)cc4)c3cc12. The molecule has 0 aliphatic heterocycles. The average molecular weight is 408 g/mol. The van der Waals surface area contributed by atoms with E-state index < -0.39 is 0 Å². The quantitative estimate of drug-likeness (QED) is 0.282. The van der Waals surface area contributed by atoms with Crippen LogP contribution in [0.5, 0.6) is 0 Å². The highest BCUT2D eigenvalue weighted by Gasteiger charge is 2.17. The zero-order valence-corrected chi connectivity index (χ0v) is 17.8. The summed E-state index contributed by atoms with van der Waals surface area (Å²) in [6, 6.07) is 22.7. The molecule has 0 spiro atoms. The molecule has 0 aliphatic rings. The molecule has 0 unspecified atom stereocenters. The highest BCUT2D eigenvalue weighted by Crippen LogP contribution is 2.37. The third kappa shape index (κ3) is 3.46. The summed E-state index contributed by atoms with van der Waals surface area (Å²) >= 11 is 0. The molecule has 0 N–H and O–H groups in total. The molecule has 0 saturated carbocycles. The van der Waals surface area contributed by atoms with Crippen LogP contribution in [0, 0.1) is 6.92 Å². The van der Waals surface area contributed by atoms with Gasteiger partial charge in [-0.05, 0) is 48.1 Å². The van der Waals surface area contributed by atoms with Crippen molar-refractivity contribution in [1.82, 2.24) is 0 Å². The van der Waals surface area contributed by atoms with Crippen molar-refractivity contribution in [1.29, 1.82) is 0 Å². The molecule has 2 heterocycles. The summed E-state index contributed by atoms with van der Waals surface area (Å²) in [6.07, 6.45) is 4.78. The van der Waals surface area contributed by atoms with Crippen LogP contribution in [0.15, 0.2) is 86.6 Å². The van der Waals surface area contributed by atoms with Crippen LogP contribution in [0.1, 0.15) is 30.9 Å². The molecule has 0 atom stereocenters. The van der Waals surface area contributed by atoms with Crippen molar-refractivity contribution in [3.63, 3.8) is 0 Å². The molecule has 0 radical (unpaired) electrons. The van der Waals surface area contributed by atoms with Gasteiger partial charge in [0.25, 0.3) is 0 Å². The summed E-state index contributed by atoms with van der Waals surface area (Å²) in [6.45, 7) is 4.12. The highest BCUT2D eigenvalue weighted by molar-refractivity contribution is 6.04. The summed E-state index contributed by atoms with van der Waals surface area (Å²) in [5.74, 6) is 0. The van der Waals surface area contributed by atoms with E-state index in [-0.39, 0.29) is 5.63 Å². The first kappa shape index (κ1) is 19.4. The lowest BCUT2D eigenvalue weighted by Gasteiger charge is -2.08. The Morgan fingerprint density at radius 3 is 2.26 bits per heavy atom. The van der Waals surface area contributed by atoms with Crippen LogP contribution in [0.4, 0.5) is 0 Å². The maximum absolute atomic E-state index is 12.1. The monoisotopic (exact) mass is 408 g/mol.